The van der Waals surface area contributed by atoms with E-state index in [9.17, 15) is 4.79 Å². The Kier molecular flexibility index (Phi) is 3.99. The molecule has 4 heteroatoms. The number of hydrogen-bond acceptors (Lipinski definition) is 2. The number of aromatic nitrogens is 1. The highest BCUT2D eigenvalue weighted by molar-refractivity contribution is 5.82. The Bertz CT molecular complexity index is 533. The molecular weight excluding hydrogens is 228 g/mol. The molecule has 0 saturated carbocycles. The van der Waals surface area contributed by atoms with Gasteiger partial charge in [-0.2, -0.15) is 0 Å². The quantitative estimate of drug-likeness (QED) is 0.733. The van der Waals surface area contributed by atoms with Crippen molar-refractivity contribution in [3.63, 3.8) is 0 Å². The highest BCUT2D eigenvalue weighted by Crippen LogP contribution is 2.17. The fourth-order valence-corrected chi connectivity index (χ4v) is 2.13. The number of carboxylic acid groups (broad SMARTS) is 1. The second-order valence-corrected chi connectivity index (χ2v) is 4.44. The van der Waals surface area contributed by atoms with E-state index in [2.05, 4.69) is 16.4 Å². The largest absolute Gasteiger partial charge is 0.481 e. The molecule has 0 fully saturated rings. The second-order valence-electron chi connectivity index (χ2n) is 4.44. The highest BCUT2D eigenvalue weighted by atomic mass is 16.4. The lowest BCUT2D eigenvalue weighted by Crippen LogP contribution is -2.30. The van der Waals surface area contributed by atoms with Crippen LogP contribution in [0.3, 0.4) is 0 Å². The monoisotopic (exact) mass is 246 g/mol. The van der Waals surface area contributed by atoms with Gasteiger partial charge in [0.05, 0.1) is 6.42 Å². The van der Waals surface area contributed by atoms with Gasteiger partial charge in [0.25, 0.3) is 0 Å². The number of hydrogen-bond donors (Lipinski definition) is 3. The third kappa shape index (κ3) is 2.90. The molecule has 1 aromatic carbocycles. The SMILES string of the molecule is CC[C@H](CC(=O)O)NCc1cccc2[nH]ccc12. The normalized spacial score (nSPS) is 12.7. The Hall–Kier alpha value is -1.81. The predicted octanol–water partition coefficient (Wildman–Crippen LogP) is 2.51. The van der Waals surface area contributed by atoms with Crippen LogP contribution < -0.4 is 5.32 Å². The number of nitrogens with one attached hydrogen (secondary N) is 2. The third-order valence-corrected chi connectivity index (χ3v) is 3.18. The molecule has 1 atom stereocenters. The summed E-state index contributed by atoms with van der Waals surface area (Å²) in [5, 5.41) is 13.3. The van der Waals surface area contributed by atoms with Crippen LogP contribution in [0.15, 0.2) is 30.5 Å². The van der Waals surface area contributed by atoms with E-state index in [0.29, 0.717) is 6.54 Å². The van der Waals surface area contributed by atoms with Crippen molar-refractivity contribution in [3.05, 3.63) is 36.0 Å². The van der Waals surface area contributed by atoms with Gasteiger partial charge < -0.3 is 15.4 Å². The van der Waals surface area contributed by atoms with Crippen molar-refractivity contribution in [2.24, 2.45) is 0 Å². The van der Waals surface area contributed by atoms with Crippen molar-refractivity contribution in [1.82, 2.24) is 10.3 Å². The molecule has 1 aromatic heterocycles. The summed E-state index contributed by atoms with van der Waals surface area (Å²) in [5.74, 6) is -0.755. The van der Waals surface area contributed by atoms with Crippen LogP contribution in [0.1, 0.15) is 25.3 Å². The van der Waals surface area contributed by atoms with Crippen molar-refractivity contribution in [3.8, 4) is 0 Å². The molecule has 0 aliphatic rings. The van der Waals surface area contributed by atoms with Crippen LogP contribution in [0.2, 0.25) is 0 Å². The average Bonchev–Trinajstić information content (AvgIpc) is 2.82. The van der Waals surface area contributed by atoms with E-state index in [4.69, 9.17) is 5.11 Å². The van der Waals surface area contributed by atoms with Crippen molar-refractivity contribution >= 4 is 16.9 Å². The molecular formula is C14H18N2O2. The van der Waals surface area contributed by atoms with Crippen LogP contribution in [0.5, 0.6) is 0 Å². The van der Waals surface area contributed by atoms with Crippen LogP contribution in [0.25, 0.3) is 10.9 Å². The van der Waals surface area contributed by atoms with Crippen molar-refractivity contribution < 1.29 is 9.90 Å². The molecule has 0 bridgehead atoms. The van der Waals surface area contributed by atoms with Crippen LogP contribution in [0.4, 0.5) is 0 Å². The predicted molar refractivity (Wildman–Crippen MR) is 71.5 cm³/mol. The first-order valence-corrected chi connectivity index (χ1v) is 6.21. The smallest absolute Gasteiger partial charge is 0.304 e. The summed E-state index contributed by atoms with van der Waals surface area (Å²) in [6.45, 7) is 2.69. The Morgan fingerprint density at radius 3 is 3.00 bits per heavy atom. The molecule has 0 unspecified atom stereocenters. The minimum absolute atomic E-state index is 0.0247. The lowest BCUT2D eigenvalue weighted by atomic mass is 10.1. The lowest BCUT2D eigenvalue weighted by molar-refractivity contribution is -0.137. The summed E-state index contributed by atoms with van der Waals surface area (Å²) in [6, 6.07) is 8.18. The fourth-order valence-electron chi connectivity index (χ4n) is 2.13. The van der Waals surface area contributed by atoms with Gasteiger partial charge in [-0.05, 0) is 24.1 Å². The molecule has 2 aromatic rings. The summed E-state index contributed by atoms with van der Waals surface area (Å²) in [5.41, 5.74) is 2.30. The van der Waals surface area contributed by atoms with Gasteiger partial charge in [-0.15, -0.1) is 0 Å². The lowest BCUT2D eigenvalue weighted by Gasteiger charge is -2.15. The number of benzene rings is 1. The minimum atomic E-state index is -0.755. The molecule has 0 aliphatic carbocycles. The second kappa shape index (κ2) is 5.69. The summed E-state index contributed by atoms with van der Waals surface area (Å²) in [7, 11) is 0. The Balaban J connectivity index is 2.05. The van der Waals surface area contributed by atoms with Crippen LogP contribution in [-0.2, 0) is 11.3 Å². The fraction of sp³-hybridized carbons (Fsp3) is 0.357. The molecule has 0 radical (unpaired) electrons. The van der Waals surface area contributed by atoms with E-state index in [-0.39, 0.29) is 12.5 Å². The summed E-state index contributed by atoms with van der Waals surface area (Å²) >= 11 is 0. The van der Waals surface area contributed by atoms with Gasteiger partial charge in [0.1, 0.15) is 0 Å². The highest BCUT2D eigenvalue weighted by Gasteiger charge is 2.11. The maximum Gasteiger partial charge on any atom is 0.304 e. The maximum atomic E-state index is 10.7. The number of aromatic amines is 1. The summed E-state index contributed by atoms with van der Waals surface area (Å²) in [6.07, 6.45) is 2.90. The Labute approximate surface area is 106 Å². The summed E-state index contributed by atoms with van der Waals surface area (Å²) < 4.78 is 0. The van der Waals surface area contributed by atoms with Crippen LogP contribution >= 0.6 is 0 Å². The molecule has 96 valence electrons. The van der Waals surface area contributed by atoms with E-state index in [0.717, 1.165) is 11.9 Å². The van der Waals surface area contributed by atoms with Crippen molar-refractivity contribution in [1.29, 1.82) is 0 Å². The molecule has 1 heterocycles. The van der Waals surface area contributed by atoms with Gasteiger partial charge >= 0.3 is 5.97 Å². The number of carbonyl (C=O) groups is 1. The number of carboxylic acids is 1. The van der Waals surface area contributed by atoms with Gasteiger partial charge in [-0.3, -0.25) is 4.79 Å². The Morgan fingerprint density at radius 1 is 1.44 bits per heavy atom. The maximum absolute atomic E-state index is 10.7. The van der Waals surface area contributed by atoms with Gasteiger partial charge in [0, 0.05) is 29.7 Å². The molecule has 18 heavy (non-hydrogen) atoms. The van der Waals surface area contributed by atoms with E-state index in [1.807, 2.05) is 31.3 Å². The molecule has 0 aliphatic heterocycles. The van der Waals surface area contributed by atoms with E-state index >= 15 is 0 Å². The topological polar surface area (TPSA) is 65.1 Å². The first-order valence-electron chi connectivity index (χ1n) is 6.21. The number of H-pyrrole nitrogens is 1. The minimum Gasteiger partial charge on any atom is -0.481 e. The molecule has 0 amide bonds. The zero-order chi connectivity index (χ0) is 13.0. The first kappa shape index (κ1) is 12.6. The van der Waals surface area contributed by atoms with E-state index in [1.54, 1.807) is 0 Å². The zero-order valence-corrected chi connectivity index (χ0v) is 10.4. The zero-order valence-electron chi connectivity index (χ0n) is 10.4. The molecule has 2 rings (SSSR count). The first-order chi connectivity index (χ1) is 8.70. The average molecular weight is 246 g/mol. The third-order valence-electron chi connectivity index (χ3n) is 3.18. The standard InChI is InChI=1S/C14H18N2O2/c1-2-11(8-14(17)18)16-9-10-4-3-5-13-12(10)6-7-15-13/h3-7,11,15-16H,2,8-9H2,1H3,(H,17,18)/t11-/m1/s1. The van der Waals surface area contributed by atoms with Crippen molar-refractivity contribution in [2.75, 3.05) is 0 Å². The number of fused-ring (bicyclic) bond motifs is 1. The molecule has 4 nitrogen and oxygen atoms in total. The summed E-state index contributed by atoms with van der Waals surface area (Å²) in [4.78, 5) is 13.9. The van der Waals surface area contributed by atoms with E-state index < -0.39 is 5.97 Å². The number of rotatable bonds is 6. The van der Waals surface area contributed by atoms with Crippen molar-refractivity contribution in [2.45, 2.75) is 32.4 Å². The Morgan fingerprint density at radius 2 is 2.28 bits per heavy atom. The molecule has 3 N–H and O–H groups in total. The van der Waals surface area contributed by atoms with Gasteiger partial charge in [-0.1, -0.05) is 19.1 Å². The molecule has 0 saturated heterocycles. The van der Waals surface area contributed by atoms with Crippen LogP contribution in [0, 0.1) is 0 Å². The number of aliphatic carboxylic acids is 1. The van der Waals surface area contributed by atoms with E-state index in [1.165, 1.54) is 10.9 Å². The van der Waals surface area contributed by atoms with Gasteiger partial charge in [0.15, 0.2) is 0 Å². The molecule has 0 spiro atoms. The van der Waals surface area contributed by atoms with Crippen LogP contribution in [-0.4, -0.2) is 22.1 Å². The van der Waals surface area contributed by atoms with Gasteiger partial charge in [-0.25, -0.2) is 0 Å². The van der Waals surface area contributed by atoms with Gasteiger partial charge in [0.2, 0.25) is 0 Å².